The van der Waals surface area contributed by atoms with Crippen LogP contribution in [0.15, 0.2) is 24.3 Å². The number of carbonyl (C=O) groups is 1. The molecule has 0 saturated carbocycles. The minimum Gasteiger partial charge on any atom is -0.497 e. The number of amides is 1. The molecule has 0 spiro atoms. The first kappa shape index (κ1) is 16.3. The van der Waals surface area contributed by atoms with Crippen LogP contribution in [0.5, 0.6) is 11.5 Å². The van der Waals surface area contributed by atoms with E-state index < -0.39 is 6.04 Å². The lowest BCUT2D eigenvalue weighted by atomic mass is 10.2. The van der Waals surface area contributed by atoms with Gasteiger partial charge in [-0.3, -0.25) is 4.79 Å². The summed E-state index contributed by atoms with van der Waals surface area (Å²) < 4.78 is 10.7. The van der Waals surface area contributed by atoms with Gasteiger partial charge in [0.25, 0.3) is 0 Å². The van der Waals surface area contributed by atoms with Crippen LogP contribution >= 0.6 is 0 Å². The van der Waals surface area contributed by atoms with E-state index in [4.69, 9.17) is 15.2 Å². The van der Waals surface area contributed by atoms with E-state index in [0.717, 1.165) is 24.3 Å². The van der Waals surface area contributed by atoms with Crippen LogP contribution in [-0.4, -0.2) is 32.2 Å². The summed E-state index contributed by atoms with van der Waals surface area (Å²) in [5.41, 5.74) is 5.71. The summed E-state index contributed by atoms with van der Waals surface area (Å²) in [4.78, 5) is 11.6. The Morgan fingerprint density at radius 1 is 1.40 bits per heavy atom. The second-order valence-corrected chi connectivity index (χ2v) is 4.57. The van der Waals surface area contributed by atoms with Crippen molar-refractivity contribution >= 4 is 5.91 Å². The molecule has 1 unspecified atom stereocenters. The predicted octanol–water partition coefficient (Wildman–Crippen LogP) is 1.71. The lowest BCUT2D eigenvalue weighted by Crippen LogP contribution is -2.41. The third kappa shape index (κ3) is 5.93. The van der Waals surface area contributed by atoms with Gasteiger partial charge in [-0.25, -0.2) is 0 Å². The molecule has 1 amide bonds. The van der Waals surface area contributed by atoms with Crippen molar-refractivity contribution in [1.29, 1.82) is 0 Å². The highest BCUT2D eigenvalue weighted by Gasteiger charge is 2.10. The summed E-state index contributed by atoms with van der Waals surface area (Å²) in [7, 11) is 1.62. The van der Waals surface area contributed by atoms with Crippen LogP contribution in [0, 0.1) is 0 Å². The van der Waals surface area contributed by atoms with Crippen LogP contribution in [-0.2, 0) is 4.79 Å². The van der Waals surface area contributed by atoms with E-state index in [2.05, 4.69) is 5.32 Å². The molecule has 0 aliphatic heterocycles. The maximum Gasteiger partial charge on any atom is 0.236 e. The molecule has 0 saturated heterocycles. The van der Waals surface area contributed by atoms with Gasteiger partial charge in [-0.2, -0.15) is 0 Å². The van der Waals surface area contributed by atoms with Crippen LogP contribution in [0.25, 0.3) is 0 Å². The Balaban J connectivity index is 2.17. The number of carbonyl (C=O) groups excluding carboxylic acids is 1. The SMILES string of the molecule is CCCC(N)C(=O)NCCCOc1cccc(OC)c1. The quantitative estimate of drug-likeness (QED) is 0.675. The molecule has 112 valence electrons. The van der Waals surface area contributed by atoms with Gasteiger partial charge in [0, 0.05) is 12.6 Å². The maximum absolute atomic E-state index is 11.6. The zero-order valence-corrected chi connectivity index (χ0v) is 12.2. The van der Waals surface area contributed by atoms with Crippen molar-refractivity contribution in [2.75, 3.05) is 20.3 Å². The molecule has 0 heterocycles. The van der Waals surface area contributed by atoms with E-state index in [0.29, 0.717) is 19.6 Å². The van der Waals surface area contributed by atoms with Crippen LogP contribution in [0.1, 0.15) is 26.2 Å². The van der Waals surface area contributed by atoms with Crippen molar-refractivity contribution in [3.8, 4) is 11.5 Å². The molecular weight excluding hydrogens is 256 g/mol. The molecule has 3 N–H and O–H groups in total. The van der Waals surface area contributed by atoms with E-state index in [1.54, 1.807) is 7.11 Å². The number of methoxy groups -OCH3 is 1. The number of benzene rings is 1. The molecule has 0 aliphatic carbocycles. The van der Waals surface area contributed by atoms with Gasteiger partial charge in [-0.15, -0.1) is 0 Å². The average molecular weight is 280 g/mol. The molecule has 1 rings (SSSR count). The van der Waals surface area contributed by atoms with Gasteiger partial charge in [0.05, 0.1) is 19.8 Å². The Morgan fingerprint density at radius 2 is 2.15 bits per heavy atom. The van der Waals surface area contributed by atoms with Gasteiger partial charge >= 0.3 is 0 Å². The van der Waals surface area contributed by atoms with Crippen molar-refractivity contribution in [3.05, 3.63) is 24.3 Å². The molecule has 0 fully saturated rings. The summed E-state index contributed by atoms with van der Waals surface area (Å²) in [5.74, 6) is 1.44. The number of hydrogen-bond donors (Lipinski definition) is 2. The first-order valence-corrected chi connectivity index (χ1v) is 6.97. The monoisotopic (exact) mass is 280 g/mol. The second-order valence-electron chi connectivity index (χ2n) is 4.57. The van der Waals surface area contributed by atoms with Crippen molar-refractivity contribution in [2.24, 2.45) is 5.73 Å². The molecule has 0 aromatic heterocycles. The fourth-order valence-electron chi connectivity index (χ4n) is 1.74. The van der Waals surface area contributed by atoms with Crippen molar-refractivity contribution in [3.63, 3.8) is 0 Å². The van der Waals surface area contributed by atoms with Crippen molar-refractivity contribution in [1.82, 2.24) is 5.32 Å². The number of rotatable bonds is 9. The summed E-state index contributed by atoms with van der Waals surface area (Å²) in [5, 5.41) is 2.81. The van der Waals surface area contributed by atoms with Crippen LogP contribution in [0.3, 0.4) is 0 Å². The minimum absolute atomic E-state index is 0.0896. The Labute approximate surface area is 120 Å². The highest BCUT2D eigenvalue weighted by atomic mass is 16.5. The van der Waals surface area contributed by atoms with Crippen LogP contribution < -0.4 is 20.5 Å². The summed E-state index contributed by atoms with van der Waals surface area (Å²) >= 11 is 0. The molecule has 0 radical (unpaired) electrons. The Bertz CT molecular complexity index is 410. The Morgan fingerprint density at radius 3 is 2.85 bits per heavy atom. The lowest BCUT2D eigenvalue weighted by molar-refractivity contribution is -0.122. The Kier molecular flexibility index (Phi) is 7.50. The molecular formula is C15H24N2O3. The average Bonchev–Trinajstić information content (AvgIpc) is 2.47. The van der Waals surface area contributed by atoms with Crippen molar-refractivity contribution < 1.29 is 14.3 Å². The van der Waals surface area contributed by atoms with E-state index in [-0.39, 0.29) is 5.91 Å². The zero-order valence-electron chi connectivity index (χ0n) is 12.2. The smallest absolute Gasteiger partial charge is 0.236 e. The third-order valence-corrected chi connectivity index (χ3v) is 2.87. The van der Waals surface area contributed by atoms with E-state index >= 15 is 0 Å². The molecule has 20 heavy (non-hydrogen) atoms. The van der Waals surface area contributed by atoms with E-state index in [1.807, 2.05) is 31.2 Å². The largest absolute Gasteiger partial charge is 0.497 e. The Hall–Kier alpha value is -1.75. The van der Waals surface area contributed by atoms with E-state index in [9.17, 15) is 4.79 Å². The standard InChI is InChI=1S/C15H24N2O3/c1-3-6-14(16)15(18)17-9-5-10-20-13-8-4-7-12(11-13)19-2/h4,7-8,11,14H,3,5-6,9-10,16H2,1-2H3,(H,17,18). The molecule has 1 aromatic rings. The maximum atomic E-state index is 11.6. The van der Waals surface area contributed by atoms with E-state index in [1.165, 1.54) is 0 Å². The van der Waals surface area contributed by atoms with Gasteiger partial charge in [0.2, 0.25) is 5.91 Å². The highest BCUT2D eigenvalue weighted by Crippen LogP contribution is 2.18. The fourth-order valence-corrected chi connectivity index (χ4v) is 1.74. The summed E-state index contributed by atoms with van der Waals surface area (Å²) in [6.07, 6.45) is 2.36. The van der Waals surface area contributed by atoms with Gasteiger partial charge in [-0.1, -0.05) is 19.4 Å². The predicted molar refractivity (Wildman–Crippen MR) is 79.0 cm³/mol. The van der Waals surface area contributed by atoms with Crippen molar-refractivity contribution in [2.45, 2.75) is 32.2 Å². The van der Waals surface area contributed by atoms with Gasteiger partial charge < -0.3 is 20.5 Å². The third-order valence-electron chi connectivity index (χ3n) is 2.87. The summed E-state index contributed by atoms with van der Waals surface area (Å²) in [6, 6.07) is 7.04. The highest BCUT2D eigenvalue weighted by molar-refractivity contribution is 5.81. The van der Waals surface area contributed by atoms with Crippen LogP contribution in [0.2, 0.25) is 0 Å². The summed E-state index contributed by atoms with van der Waals surface area (Å²) in [6.45, 7) is 3.12. The molecule has 5 heteroatoms. The first-order valence-electron chi connectivity index (χ1n) is 6.97. The number of ether oxygens (including phenoxy) is 2. The number of nitrogens with one attached hydrogen (secondary N) is 1. The lowest BCUT2D eigenvalue weighted by Gasteiger charge is -2.11. The zero-order chi connectivity index (χ0) is 14.8. The second kappa shape index (κ2) is 9.20. The molecule has 0 bridgehead atoms. The molecule has 1 aromatic carbocycles. The van der Waals surface area contributed by atoms with Gasteiger partial charge in [0.1, 0.15) is 11.5 Å². The minimum atomic E-state index is -0.403. The normalized spacial score (nSPS) is 11.8. The molecule has 1 atom stereocenters. The van der Waals surface area contributed by atoms with Gasteiger partial charge in [-0.05, 0) is 25.0 Å². The number of nitrogens with two attached hydrogens (primary N) is 1. The topological polar surface area (TPSA) is 73.6 Å². The van der Waals surface area contributed by atoms with Crippen LogP contribution in [0.4, 0.5) is 0 Å². The molecule has 5 nitrogen and oxygen atoms in total. The first-order chi connectivity index (χ1) is 9.67. The fraction of sp³-hybridized carbons (Fsp3) is 0.533. The number of hydrogen-bond acceptors (Lipinski definition) is 4. The van der Waals surface area contributed by atoms with Gasteiger partial charge in [0.15, 0.2) is 0 Å². The molecule has 0 aliphatic rings.